The Morgan fingerprint density at radius 3 is 2.70 bits per heavy atom. The van der Waals surface area contributed by atoms with Gasteiger partial charge in [0.25, 0.3) is 5.91 Å². The van der Waals surface area contributed by atoms with Gasteiger partial charge in [-0.25, -0.2) is 4.79 Å². The first-order valence-electron chi connectivity index (χ1n) is 9.78. The van der Waals surface area contributed by atoms with E-state index in [1.807, 2.05) is 30.3 Å². The van der Waals surface area contributed by atoms with Crippen molar-refractivity contribution in [2.45, 2.75) is 12.8 Å². The fraction of sp³-hybridized carbons (Fsp3) is 0.261. The lowest BCUT2D eigenvalue weighted by Gasteiger charge is -2.30. The van der Waals surface area contributed by atoms with Crippen molar-refractivity contribution < 1.29 is 23.8 Å². The number of hydrogen-bond donors (Lipinski definition) is 1. The number of carboxylic acids is 1. The van der Waals surface area contributed by atoms with E-state index in [0.29, 0.717) is 30.7 Å². The molecular weight excluding hydrogens is 386 g/mol. The number of amides is 1. The van der Waals surface area contributed by atoms with Crippen molar-refractivity contribution in [1.82, 2.24) is 4.90 Å². The van der Waals surface area contributed by atoms with Crippen LogP contribution in [-0.4, -0.2) is 41.6 Å². The van der Waals surface area contributed by atoms with Crippen molar-refractivity contribution in [2.75, 3.05) is 19.7 Å². The molecule has 1 unspecified atom stereocenters. The van der Waals surface area contributed by atoms with Crippen LogP contribution in [0, 0.1) is 5.92 Å². The number of piperidine rings is 1. The molecule has 0 saturated carbocycles. The highest BCUT2D eigenvalue weighted by Gasteiger charge is 2.28. The number of rotatable bonds is 5. The van der Waals surface area contributed by atoms with Crippen LogP contribution in [0.1, 0.15) is 12.8 Å². The largest absolute Gasteiger partial charge is 0.484 e. The SMILES string of the molecule is O=C(O)C1CCCN(C(=O)COc2ccc3c(-c4ccccc4)cc(=O)oc3c2)C1. The van der Waals surface area contributed by atoms with Crippen LogP contribution in [0.5, 0.6) is 5.75 Å². The molecule has 1 N–H and O–H groups in total. The molecule has 3 aromatic rings. The Balaban J connectivity index is 1.51. The van der Waals surface area contributed by atoms with Crippen LogP contribution in [-0.2, 0) is 9.59 Å². The summed E-state index contributed by atoms with van der Waals surface area (Å²) < 4.78 is 10.9. The van der Waals surface area contributed by atoms with Crippen molar-refractivity contribution in [2.24, 2.45) is 5.92 Å². The molecule has 154 valence electrons. The highest BCUT2D eigenvalue weighted by atomic mass is 16.5. The minimum absolute atomic E-state index is 0.199. The van der Waals surface area contributed by atoms with Gasteiger partial charge in [0.15, 0.2) is 6.61 Å². The van der Waals surface area contributed by atoms with E-state index in [1.54, 1.807) is 18.2 Å². The minimum atomic E-state index is -0.882. The first-order chi connectivity index (χ1) is 14.5. The molecule has 7 heteroatoms. The lowest BCUT2D eigenvalue weighted by Crippen LogP contribution is -2.44. The molecule has 4 rings (SSSR count). The van der Waals surface area contributed by atoms with Gasteiger partial charge < -0.3 is 19.2 Å². The van der Waals surface area contributed by atoms with Gasteiger partial charge in [-0.05, 0) is 36.1 Å². The fourth-order valence-electron chi connectivity index (χ4n) is 3.73. The van der Waals surface area contributed by atoms with Crippen LogP contribution in [0.25, 0.3) is 22.1 Å². The van der Waals surface area contributed by atoms with Gasteiger partial charge in [0.2, 0.25) is 0 Å². The molecule has 1 atom stereocenters. The number of carbonyl (C=O) groups is 2. The first kappa shape index (κ1) is 19.7. The number of aliphatic carboxylic acids is 1. The maximum Gasteiger partial charge on any atom is 0.336 e. The van der Waals surface area contributed by atoms with Crippen LogP contribution in [0.3, 0.4) is 0 Å². The van der Waals surface area contributed by atoms with E-state index in [2.05, 4.69) is 0 Å². The zero-order valence-electron chi connectivity index (χ0n) is 16.2. The van der Waals surface area contributed by atoms with Gasteiger partial charge in [0, 0.05) is 30.6 Å². The third-order valence-electron chi connectivity index (χ3n) is 5.29. The van der Waals surface area contributed by atoms with Gasteiger partial charge in [-0.15, -0.1) is 0 Å². The van der Waals surface area contributed by atoms with Crippen molar-refractivity contribution >= 4 is 22.8 Å². The van der Waals surface area contributed by atoms with Crippen LogP contribution >= 0.6 is 0 Å². The third-order valence-corrected chi connectivity index (χ3v) is 5.29. The molecule has 7 nitrogen and oxygen atoms in total. The van der Waals surface area contributed by atoms with Crippen LogP contribution < -0.4 is 10.4 Å². The third kappa shape index (κ3) is 4.20. The zero-order chi connectivity index (χ0) is 21.1. The number of nitrogens with zero attached hydrogens (tertiary/aromatic N) is 1. The molecule has 1 aliphatic rings. The molecule has 30 heavy (non-hydrogen) atoms. The van der Waals surface area contributed by atoms with Crippen molar-refractivity contribution in [3.63, 3.8) is 0 Å². The van der Waals surface area contributed by atoms with Crippen LogP contribution in [0.4, 0.5) is 0 Å². The second-order valence-electron chi connectivity index (χ2n) is 7.31. The topological polar surface area (TPSA) is 97.0 Å². The van der Waals surface area contributed by atoms with E-state index in [0.717, 1.165) is 16.5 Å². The molecule has 1 aromatic heterocycles. The lowest BCUT2D eigenvalue weighted by atomic mass is 9.98. The summed E-state index contributed by atoms with van der Waals surface area (Å²) >= 11 is 0. The van der Waals surface area contributed by atoms with Gasteiger partial charge in [0.05, 0.1) is 5.92 Å². The molecule has 1 aliphatic heterocycles. The van der Waals surface area contributed by atoms with Gasteiger partial charge in [-0.2, -0.15) is 0 Å². The van der Waals surface area contributed by atoms with Gasteiger partial charge >= 0.3 is 11.6 Å². The molecule has 0 spiro atoms. The zero-order valence-corrected chi connectivity index (χ0v) is 16.2. The summed E-state index contributed by atoms with van der Waals surface area (Å²) in [5.41, 5.74) is 1.56. The van der Waals surface area contributed by atoms with E-state index in [9.17, 15) is 14.4 Å². The average molecular weight is 407 g/mol. The Morgan fingerprint density at radius 2 is 1.93 bits per heavy atom. The van der Waals surface area contributed by atoms with Crippen LogP contribution in [0.15, 0.2) is 63.8 Å². The highest BCUT2D eigenvalue weighted by Crippen LogP contribution is 2.29. The Hall–Kier alpha value is -3.61. The normalized spacial score (nSPS) is 16.4. The summed E-state index contributed by atoms with van der Waals surface area (Å²) in [5.74, 6) is -1.28. The van der Waals surface area contributed by atoms with Gasteiger partial charge in [-0.1, -0.05) is 30.3 Å². The molecule has 2 aromatic carbocycles. The summed E-state index contributed by atoms with van der Waals surface area (Å²) in [6, 6.07) is 16.1. The standard InChI is InChI=1S/C23H21NO6/c25-21(24-10-4-7-16(13-24)23(27)28)14-29-17-8-9-18-19(15-5-2-1-3-6-15)12-22(26)30-20(18)11-17/h1-3,5-6,8-9,11-12,16H,4,7,10,13-14H2,(H,27,28). The van der Waals surface area contributed by atoms with Crippen molar-refractivity contribution in [1.29, 1.82) is 0 Å². The Kier molecular flexibility index (Phi) is 5.52. The molecule has 0 aliphatic carbocycles. The Bertz CT molecular complexity index is 1140. The Morgan fingerprint density at radius 1 is 1.13 bits per heavy atom. The molecule has 1 fully saturated rings. The quantitative estimate of drug-likeness (QED) is 0.653. The Labute approximate surface area is 172 Å². The molecule has 2 heterocycles. The first-order valence-corrected chi connectivity index (χ1v) is 9.78. The molecule has 0 radical (unpaired) electrons. The number of carbonyl (C=O) groups excluding carboxylic acids is 1. The van der Waals surface area contributed by atoms with Gasteiger partial charge in [-0.3, -0.25) is 9.59 Å². The second-order valence-corrected chi connectivity index (χ2v) is 7.31. The summed E-state index contributed by atoms with van der Waals surface area (Å²) in [4.78, 5) is 37.2. The monoisotopic (exact) mass is 407 g/mol. The van der Waals surface area contributed by atoms with E-state index >= 15 is 0 Å². The number of carboxylic acid groups (broad SMARTS) is 1. The van der Waals surface area contributed by atoms with E-state index in [4.69, 9.17) is 14.3 Å². The number of ether oxygens (including phenoxy) is 1. The smallest absolute Gasteiger partial charge is 0.336 e. The summed E-state index contributed by atoms with van der Waals surface area (Å²) in [5, 5.41) is 9.93. The van der Waals surface area contributed by atoms with Gasteiger partial charge in [0.1, 0.15) is 11.3 Å². The molecule has 1 amide bonds. The fourth-order valence-corrected chi connectivity index (χ4v) is 3.73. The average Bonchev–Trinajstić information content (AvgIpc) is 2.77. The highest BCUT2D eigenvalue weighted by molar-refractivity contribution is 5.93. The van der Waals surface area contributed by atoms with Crippen LogP contribution in [0.2, 0.25) is 0 Å². The number of likely N-dealkylation sites (tertiary alicyclic amines) is 1. The van der Waals surface area contributed by atoms with Crippen molar-refractivity contribution in [3.05, 3.63) is 65.0 Å². The maximum absolute atomic E-state index is 12.4. The predicted octanol–water partition coefficient (Wildman–Crippen LogP) is 3.16. The maximum atomic E-state index is 12.4. The summed E-state index contributed by atoms with van der Waals surface area (Å²) in [7, 11) is 0. The summed E-state index contributed by atoms with van der Waals surface area (Å²) in [6.45, 7) is 0.518. The predicted molar refractivity (Wildman–Crippen MR) is 110 cm³/mol. The van der Waals surface area contributed by atoms with E-state index < -0.39 is 17.5 Å². The molecule has 0 bridgehead atoms. The number of fused-ring (bicyclic) bond motifs is 1. The van der Waals surface area contributed by atoms with E-state index in [-0.39, 0.29) is 19.1 Å². The lowest BCUT2D eigenvalue weighted by molar-refractivity contribution is -0.146. The van der Waals surface area contributed by atoms with E-state index in [1.165, 1.54) is 11.0 Å². The number of hydrogen-bond acceptors (Lipinski definition) is 5. The second kappa shape index (κ2) is 8.41. The molecule has 1 saturated heterocycles. The number of benzene rings is 2. The molecular formula is C23H21NO6. The van der Waals surface area contributed by atoms with Crippen molar-refractivity contribution in [3.8, 4) is 16.9 Å². The summed E-state index contributed by atoms with van der Waals surface area (Å²) in [6.07, 6.45) is 1.24. The minimum Gasteiger partial charge on any atom is -0.484 e.